The molecule has 1 aliphatic heterocycles. The van der Waals surface area contributed by atoms with Crippen LogP contribution in [0.5, 0.6) is 0 Å². The van der Waals surface area contributed by atoms with Crippen LogP contribution < -0.4 is 4.90 Å². The second-order valence-corrected chi connectivity index (χ2v) is 8.48. The van der Waals surface area contributed by atoms with Crippen molar-refractivity contribution in [1.82, 2.24) is 25.0 Å². The quantitative estimate of drug-likeness (QED) is 0.594. The minimum atomic E-state index is 0.0547. The molecule has 1 aromatic carbocycles. The Balaban J connectivity index is 1.41. The van der Waals surface area contributed by atoms with E-state index >= 15 is 0 Å². The fourth-order valence-corrected chi connectivity index (χ4v) is 3.74. The molecular formula is C22H27ClN6O. The van der Waals surface area contributed by atoms with Crippen LogP contribution in [-0.4, -0.2) is 51.2 Å². The highest BCUT2D eigenvalue weighted by Crippen LogP contribution is 2.26. The number of anilines is 1. The summed E-state index contributed by atoms with van der Waals surface area (Å²) < 4.78 is 5.56. The van der Waals surface area contributed by atoms with Crippen LogP contribution in [0.25, 0.3) is 11.4 Å². The molecule has 1 aliphatic rings. The highest BCUT2D eigenvalue weighted by Gasteiger charge is 2.27. The van der Waals surface area contributed by atoms with E-state index in [1.54, 1.807) is 0 Å². The number of aryl methyl sites for hydroxylation is 1. The smallest absolute Gasteiger partial charge is 0.244 e. The summed E-state index contributed by atoms with van der Waals surface area (Å²) in [7, 11) is 0. The Labute approximate surface area is 182 Å². The predicted octanol–water partition coefficient (Wildman–Crippen LogP) is 4.50. The third-order valence-electron chi connectivity index (χ3n) is 5.46. The summed E-state index contributed by atoms with van der Waals surface area (Å²) in [5.41, 5.74) is 1.91. The minimum Gasteiger partial charge on any atom is -0.354 e. The van der Waals surface area contributed by atoms with E-state index in [0.29, 0.717) is 22.7 Å². The minimum absolute atomic E-state index is 0.0547. The molecule has 0 amide bonds. The lowest BCUT2D eigenvalue weighted by atomic mass is 10.2. The van der Waals surface area contributed by atoms with E-state index in [2.05, 4.69) is 51.8 Å². The van der Waals surface area contributed by atoms with Crippen LogP contribution in [0.15, 0.2) is 34.9 Å². The summed E-state index contributed by atoms with van der Waals surface area (Å²) in [6.07, 6.45) is 0. The molecule has 1 atom stereocenters. The summed E-state index contributed by atoms with van der Waals surface area (Å²) in [6, 6.07) is 9.58. The van der Waals surface area contributed by atoms with Gasteiger partial charge >= 0.3 is 0 Å². The van der Waals surface area contributed by atoms with Crippen molar-refractivity contribution in [3.8, 4) is 11.4 Å². The highest BCUT2D eigenvalue weighted by molar-refractivity contribution is 6.30. The molecule has 30 heavy (non-hydrogen) atoms. The highest BCUT2D eigenvalue weighted by atomic mass is 35.5. The lowest BCUT2D eigenvalue weighted by Crippen LogP contribution is -2.47. The van der Waals surface area contributed by atoms with Crippen molar-refractivity contribution in [2.45, 2.75) is 39.7 Å². The number of hydrogen-bond acceptors (Lipinski definition) is 7. The van der Waals surface area contributed by atoms with Crippen LogP contribution in [0.2, 0.25) is 5.02 Å². The van der Waals surface area contributed by atoms with Crippen molar-refractivity contribution in [2.75, 3.05) is 31.1 Å². The van der Waals surface area contributed by atoms with Crippen molar-refractivity contribution >= 4 is 17.4 Å². The van der Waals surface area contributed by atoms with E-state index in [-0.39, 0.29) is 6.04 Å². The molecule has 158 valence electrons. The molecule has 0 N–H and O–H groups in total. The first-order valence-electron chi connectivity index (χ1n) is 10.3. The van der Waals surface area contributed by atoms with Crippen LogP contribution in [0.4, 0.5) is 5.82 Å². The maximum Gasteiger partial charge on any atom is 0.244 e. The van der Waals surface area contributed by atoms with Crippen molar-refractivity contribution in [3.63, 3.8) is 0 Å². The van der Waals surface area contributed by atoms with Gasteiger partial charge in [-0.1, -0.05) is 30.6 Å². The van der Waals surface area contributed by atoms with Gasteiger partial charge in [0.05, 0.1) is 6.04 Å². The molecule has 3 heterocycles. The molecule has 0 radical (unpaired) electrons. The monoisotopic (exact) mass is 426 g/mol. The van der Waals surface area contributed by atoms with Crippen LogP contribution in [-0.2, 0) is 0 Å². The first-order chi connectivity index (χ1) is 14.4. The SMILES string of the molecule is Cc1cc(N2CCN([C@H](C)c3nc(-c4ccc(Cl)cc4)no3)CC2)nc(C(C)C)n1. The predicted molar refractivity (Wildman–Crippen MR) is 118 cm³/mol. The van der Waals surface area contributed by atoms with Crippen molar-refractivity contribution in [2.24, 2.45) is 0 Å². The van der Waals surface area contributed by atoms with Gasteiger partial charge in [0.1, 0.15) is 11.6 Å². The number of piperazine rings is 1. The zero-order valence-corrected chi connectivity index (χ0v) is 18.6. The summed E-state index contributed by atoms with van der Waals surface area (Å²) in [6.45, 7) is 12.0. The molecule has 0 aliphatic carbocycles. The van der Waals surface area contributed by atoms with E-state index < -0.39 is 0 Å². The van der Waals surface area contributed by atoms with E-state index in [9.17, 15) is 0 Å². The normalized spacial score (nSPS) is 16.3. The Morgan fingerprint density at radius 2 is 1.67 bits per heavy atom. The average Bonchev–Trinajstić information content (AvgIpc) is 3.23. The molecule has 4 rings (SSSR count). The van der Waals surface area contributed by atoms with Gasteiger partial charge in [-0.25, -0.2) is 9.97 Å². The standard InChI is InChI=1S/C22H27ClN6O/c1-14(2)20-24-15(3)13-19(25-20)29-11-9-28(10-12-29)16(4)22-26-21(27-30-22)17-5-7-18(23)8-6-17/h5-8,13-14,16H,9-12H2,1-4H3/t16-/m1/s1. The first-order valence-corrected chi connectivity index (χ1v) is 10.7. The molecule has 8 heteroatoms. The van der Waals surface area contributed by atoms with E-state index in [1.165, 1.54) is 0 Å². The second-order valence-electron chi connectivity index (χ2n) is 8.04. The maximum atomic E-state index is 5.96. The molecular weight excluding hydrogens is 400 g/mol. The summed E-state index contributed by atoms with van der Waals surface area (Å²) >= 11 is 5.96. The topological polar surface area (TPSA) is 71.2 Å². The van der Waals surface area contributed by atoms with Crippen molar-refractivity contribution in [3.05, 3.63) is 52.8 Å². The van der Waals surface area contributed by atoms with Crippen LogP contribution in [0, 0.1) is 6.92 Å². The Morgan fingerprint density at radius 1 is 0.967 bits per heavy atom. The Hall–Kier alpha value is -2.51. The van der Waals surface area contributed by atoms with Gasteiger partial charge in [-0.2, -0.15) is 4.98 Å². The second kappa shape index (κ2) is 8.70. The van der Waals surface area contributed by atoms with E-state index in [0.717, 1.165) is 49.1 Å². The largest absolute Gasteiger partial charge is 0.354 e. The molecule has 0 spiro atoms. The molecule has 0 unspecified atom stereocenters. The van der Waals surface area contributed by atoms with Gasteiger partial charge in [0.2, 0.25) is 11.7 Å². The molecule has 3 aromatic rings. The van der Waals surface area contributed by atoms with Gasteiger partial charge in [-0.3, -0.25) is 4.90 Å². The van der Waals surface area contributed by atoms with E-state index in [1.807, 2.05) is 31.2 Å². The molecule has 0 bridgehead atoms. The summed E-state index contributed by atoms with van der Waals surface area (Å²) in [5, 5.41) is 4.84. The van der Waals surface area contributed by atoms with Gasteiger partial charge in [0, 0.05) is 54.4 Å². The van der Waals surface area contributed by atoms with Crippen molar-refractivity contribution in [1.29, 1.82) is 0 Å². The van der Waals surface area contributed by atoms with Crippen LogP contribution in [0.3, 0.4) is 0 Å². The molecule has 0 saturated carbocycles. The first kappa shape index (κ1) is 20.8. The number of hydrogen-bond donors (Lipinski definition) is 0. The summed E-state index contributed by atoms with van der Waals surface area (Å²) in [5.74, 6) is 3.46. The molecule has 7 nitrogen and oxygen atoms in total. The molecule has 1 saturated heterocycles. The lowest BCUT2D eigenvalue weighted by molar-refractivity contribution is 0.164. The maximum absolute atomic E-state index is 5.96. The molecule has 2 aromatic heterocycles. The zero-order chi connectivity index (χ0) is 21.3. The third-order valence-corrected chi connectivity index (χ3v) is 5.71. The summed E-state index contributed by atoms with van der Waals surface area (Å²) in [4.78, 5) is 18.6. The van der Waals surface area contributed by atoms with Crippen molar-refractivity contribution < 1.29 is 4.52 Å². The fourth-order valence-electron chi connectivity index (χ4n) is 3.61. The Kier molecular flexibility index (Phi) is 6.01. The van der Waals surface area contributed by atoms with Gasteiger partial charge in [-0.15, -0.1) is 0 Å². The molecule has 1 fully saturated rings. The van der Waals surface area contributed by atoms with Gasteiger partial charge < -0.3 is 9.42 Å². The number of rotatable bonds is 5. The van der Waals surface area contributed by atoms with Gasteiger partial charge in [0.25, 0.3) is 0 Å². The zero-order valence-electron chi connectivity index (χ0n) is 17.8. The fraction of sp³-hybridized carbons (Fsp3) is 0.455. The van der Waals surface area contributed by atoms with Crippen LogP contribution >= 0.6 is 11.6 Å². The third kappa shape index (κ3) is 4.47. The number of nitrogens with zero attached hydrogens (tertiary/aromatic N) is 6. The lowest BCUT2D eigenvalue weighted by Gasteiger charge is -2.37. The van der Waals surface area contributed by atoms with E-state index in [4.69, 9.17) is 21.1 Å². The average molecular weight is 427 g/mol. The Bertz CT molecular complexity index is 995. The number of benzene rings is 1. The van der Waals surface area contributed by atoms with Gasteiger partial charge in [0.15, 0.2) is 0 Å². The van der Waals surface area contributed by atoms with Gasteiger partial charge in [-0.05, 0) is 38.1 Å². The van der Waals surface area contributed by atoms with Crippen LogP contribution in [0.1, 0.15) is 50.1 Å². The Morgan fingerprint density at radius 3 is 2.33 bits per heavy atom. The number of halogens is 1. The number of aromatic nitrogens is 4.